The van der Waals surface area contributed by atoms with Gasteiger partial charge in [0, 0.05) is 5.69 Å². The number of alkyl halides is 3. The van der Waals surface area contributed by atoms with E-state index in [1.807, 2.05) is 0 Å². The minimum absolute atomic E-state index is 0.177. The molecular weight excluding hydrogens is 308 g/mol. The molecule has 2 atom stereocenters. The number of rotatable bonds is 3. The van der Waals surface area contributed by atoms with Crippen LogP contribution in [0.4, 0.5) is 28.0 Å². The number of hydrogen-bond donors (Lipinski definition) is 1. The number of hydrogen-bond acceptors (Lipinski definition) is 3. The van der Waals surface area contributed by atoms with Gasteiger partial charge >= 0.3 is 12.2 Å². The highest BCUT2D eigenvalue weighted by molar-refractivity contribution is 6.14. The number of halogens is 4. The van der Waals surface area contributed by atoms with E-state index in [4.69, 9.17) is 5.11 Å². The van der Waals surface area contributed by atoms with E-state index in [9.17, 15) is 27.2 Å². The van der Waals surface area contributed by atoms with E-state index in [1.54, 1.807) is 0 Å². The van der Waals surface area contributed by atoms with Crippen LogP contribution < -0.4 is 4.90 Å². The van der Waals surface area contributed by atoms with E-state index >= 15 is 0 Å². The monoisotopic (exact) mass is 320 g/mol. The number of imide groups is 1. The molecule has 1 N–H and O–H groups in total. The lowest BCUT2D eigenvalue weighted by Crippen LogP contribution is -2.44. The van der Waals surface area contributed by atoms with Crippen molar-refractivity contribution in [1.82, 2.24) is 4.90 Å². The number of β-amino-alcohol motifs (C(OH)–C–C–N with tert-alkyl or cyclic N) is 1. The Morgan fingerprint density at radius 1 is 1.23 bits per heavy atom. The first-order valence-corrected chi connectivity index (χ1v) is 6.28. The van der Waals surface area contributed by atoms with Gasteiger partial charge in [0.05, 0.1) is 6.54 Å². The molecule has 1 heterocycles. The first kappa shape index (κ1) is 16.2. The highest BCUT2D eigenvalue weighted by Crippen LogP contribution is 2.28. The molecule has 2 unspecified atom stereocenters. The van der Waals surface area contributed by atoms with Crippen LogP contribution in [0.25, 0.3) is 0 Å². The first-order valence-electron chi connectivity index (χ1n) is 6.28. The smallest absolute Gasteiger partial charge is 0.382 e. The van der Waals surface area contributed by atoms with Gasteiger partial charge in [-0.25, -0.2) is 9.18 Å². The molecule has 1 aliphatic heterocycles. The van der Waals surface area contributed by atoms with Crippen molar-refractivity contribution in [3.8, 4) is 0 Å². The van der Waals surface area contributed by atoms with Gasteiger partial charge in [0.25, 0.3) is 5.91 Å². The summed E-state index contributed by atoms with van der Waals surface area (Å²) in [5.41, 5.74) is 0.177. The maximum atomic E-state index is 12.9. The van der Waals surface area contributed by atoms with Gasteiger partial charge in [-0.1, -0.05) is 0 Å². The number of anilines is 1. The van der Waals surface area contributed by atoms with Gasteiger partial charge in [-0.15, -0.1) is 0 Å². The number of aliphatic hydroxyl groups excluding tert-OH is 1. The first-order chi connectivity index (χ1) is 10.1. The van der Waals surface area contributed by atoms with Crippen molar-refractivity contribution in [2.24, 2.45) is 0 Å². The lowest BCUT2D eigenvalue weighted by Gasteiger charge is -2.21. The SMILES string of the molecule is CC1C(=O)N(CC(O)C(F)(F)F)C(=O)N1c1ccc(F)cc1. The molecule has 0 radical (unpaired) electrons. The van der Waals surface area contributed by atoms with Crippen LogP contribution in [0, 0.1) is 5.82 Å². The van der Waals surface area contributed by atoms with E-state index in [2.05, 4.69) is 0 Å². The van der Waals surface area contributed by atoms with Crippen LogP contribution in [0.5, 0.6) is 0 Å². The van der Waals surface area contributed by atoms with E-state index < -0.39 is 42.6 Å². The second kappa shape index (κ2) is 5.56. The van der Waals surface area contributed by atoms with Crippen molar-refractivity contribution in [2.75, 3.05) is 11.4 Å². The van der Waals surface area contributed by atoms with Gasteiger partial charge in [-0.3, -0.25) is 14.6 Å². The summed E-state index contributed by atoms with van der Waals surface area (Å²) in [4.78, 5) is 25.4. The Labute approximate surface area is 122 Å². The lowest BCUT2D eigenvalue weighted by molar-refractivity contribution is -0.206. The number of amides is 3. The molecule has 0 aromatic heterocycles. The van der Waals surface area contributed by atoms with Gasteiger partial charge in [0.1, 0.15) is 11.9 Å². The van der Waals surface area contributed by atoms with Crippen LogP contribution in [-0.4, -0.2) is 46.8 Å². The zero-order chi connectivity index (χ0) is 16.7. The molecule has 1 fully saturated rings. The van der Waals surface area contributed by atoms with Gasteiger partial charge < -0.3 is 5.11 Å². The van der Waals surface area contributed by atoms with Crippen molar-refractivity contribution in [3.05, 3.63) is 30.1 Å². The largest absolute Gasteiger partial charge is 0.416 e. The standard InChI is InChI=1S/C13H12F4N2O3/c1-7-11(21)18(6-10(20)13(15,16)17)12(22)19(7)9-4-2-8(14)3-5-9/h2-5,7,10,20H,6H2,1H3. The van der Waals surface area contributed by atoms with Crippen molar-refractivity contribution in [3.63, 3.8) is 0 Å². The molecule has 120 valence electrons. The Morgan fingerprint density at radius 3 is 2.27 bits per heavy atom. The third-order valence-corrected chi connectivity index (χ3v) is 3.29. The number of urea groups is 1. The number of aliphatic hydroxyl groups is 1. The van der Waals surface area contributed by atoms with E-state index in [-0.39, 0.29) is 5.69 Å². The maximum absolute atomic E-state index is 12.9. The third-order valence-electron chi connectivity index (χ3n) is 3.29. The highest BCUT2D eigenvalue weighted by atomic mass is 19.4. The lowest BCUT2D eigenvalue weighted by atomic mass is 10.2. The molecule has 0 saturated carbocycles. The molecule has 1 saturated heterocycles. The maximum Gasteiger partial charge on any atom is 0.416 e. The van der Waals surface area contributed by atoms with Crippen molar-refractivity contribution in [2.45, 2.75) is 25.2 Å². The minimum atomic E-state index is -4.94. The topological polar surface area (TPSA) is 60.9 Å². The molecule has 5 nitrogen and oxygen atoms in total. The van der Waals surface area contributed by atoms with E-state index in [0.717, 1.165) is 17.0 Å². The molecule has 22 heavy (non-hydrogen) atoms. The summed E-state index contributed by atoms with van der Waals surface area (Å²) < 4.78 is 50.0. The average Bonchev–Trinajstić information content (AvgIpc) is 2.63. The van der Waals surface area contributed by atoms with Gasteiger partial charge in [0.15, 0.2) is 6.10 Å². The van der Waals surface area contributed by atoms with Crippen LogP contribution in [0.3, 0.4) is 0 Å². The second-order valence-electron chi connectivity index (χ2n) is 4.81. The van der Waals surface area contributed by atoms with Crippen LogP contribution in [0.1, 0.15) is 6.92 Å². The predicted octanol–water partition coefficient (Wildman–Crippen LogP) is 1.91. The summed E-state index contributed by atoms with van der Waals surface area (Å²) in [5.74, 6) is -1.42. The number of carbonyl (C=O) groups excluding carboxylic acids is 2. The fourth-order valence-electron chi connectivity index (χ4n) is 2.11. The van der Waals surface area contributed by atoms with Crippen molar-refractivity contribution in [1.29, 1.82) is 0 Å². The molecule has 0 bridgehead atoms. The molecule has 0 aliphatic carbocycles. The molecular formula is C13H12F4N2O3. The molecule has 0 spiro atoms. The van der Waals surface area contributed by atoms with Crippen LogP contribution >= 0.6 is 0 Å². The normalized spacial score (nSPS) is 20.7. The van der Waals surface area contributed by atoms with Crippen LogP contribution in [0.15, 0.2) is 24.3 Å². The Morgan fingerprint density at radius 2 is 1.77 bits per heavy atom. The van der Waals surface area contributed by atoms with Gasteiger partial charge in [0.2, 0.25) is 0 Å². The molecule has 1 aromatic carbocycles. The van der Waals surface area contributed by atoms with Crippen LogP contribution in [0.2, 0.25) is 0 Å². The van der Waals surface area contributed by atoms with Gasteiger partial charge in [-0.05, 0) is 31.2 Å². The third kappa shape index (κ3) is 2.89. The van der Waals surface area contributed by atoms with E-state index in [1.165, 1.54) is 19.1 Å². The Bertz CT molecular complexity index is 588. The van der Waals surface area contributed by atoms with Crippen molar-refractivity contribution >= 4 is 17.6 Å². The summed E-state index contributed by atoms with van der Waals surface area (Å²) in [5, 5.41) is 9.02. The van der Waals surface area contributed by atoms with Crippen LogP contribution in [-0.2, 0) is 4.79 Å². The summed E-state index contributed by atoms with van der Waals surface area (Å²) in [6.07, 6.45) is -7.76. The Hall–Kier alpha value is -2.16. The highest BCUT2D eigenvalue weighted by Gasteiger charge is 2.48. The van der Waals surface area contributed by atoms with Gasteiger partial charge in [-0.2, -0.15) is 13.2 Å². The predicted molar refractivity (Wildman–Crippen MR) is 67.5 cm³/mol. The quantitative estimate of drug-likeness (QED) is 0.683. The Balaban J connectivity index is 2.24. The molecule has 2 rings (SSSR count). The summed E-state index contributed by atoms with van der Waals surface area (Å²) in [6, 6.07) is 2.56. The summed E-state index contributed by atoms with van der Waals surface area (Å²) in [7, 11) is 0. The molecule has 1 aliphatic rings. The number of benzene rings is 1. The number of carbonyl (C=O) groups is 2. The molecule has 9 heteroatoms. The fourth-order valence-corrected chi connectivity index (χ4v) is 2.11. The fraction of sp³-hybridized carbons (Fsp3) is 0.385. The minimum Gasteiger partial charge on any atom is -0.382 e. The zero-order valence-corrected chi connectivity index (χ0v) is 11.3. The molecule has 1 aromatic rings. The zero-order valence-electron chi connectivity index (χ0n) is 11.3. The Kier molecular flexibility index (Phi) is 4.10. The summed E-state index contributed by atoms with van der Waals surface area (Å²) >= 11 is 0. The molecule has 3 amide bonds. The van der Waals surface area contributed by atoms with E-state index in [0.29, 0.717) is 4.90 Å². The second-order valence-corrected chi connectivity index (χ2v) is 4.81. The average molecular weight is 320 g/mol. The van der Waals surface area contributed by atoms with Crippen molar-refractivity contribution < 1.29 is 32.3 Å². The summed E-state index contributed by atoms with van der Waals surface area (Å²) in [6.45, 7) is 0.159. The number of nitrogens with zero attached hydrogens (tertiary/aromatic N) is 2.